The standard InChI is InChI=1S/C11H11FN4/c12-8-3-4-11(10(13)6-8)14-7-9-2-1-5-15-16-9/h1-6,14H,7,13H2. The maximum absolute atomic E-state index is 12.8. The van der Waals surface area contributed by atoms with Crippen LogP contribution in [0.3, 0.4) is 0 Å². The van der Waals surface area contributed by atoms with Gasteiger partial charge in [0.05, 0.1) is 23.6 Å². The quantitative estimate of drug-likeness (QED) is 0.771. The van der Waals surface area contributed by atoms with Crippen molar-refractivity contribution in [3.05, 3.63) is 48.0 Å². The number of hydrogen-bond acceptors (Lipinski definition) is 4. The van der Waals surface area contributed by atoms with Crippen molar-refractivity contribution in [3.8, 4) is 0 Å². The van der Waals surface area contributed by atoms with Gasteiger partial charge in [0.15, 0.2) is 0 Å². The molecule has 0 aliphatic carbocycles. The molecule has 0 unspecified atom stereocenters. The fraction of sp³-hybridized carbons (Fsp3) is 0.0909. The van der Waals surface area contributed by atoms with Gasteiger partial charge < -0.3 is 11.1 Å². The van der Waals surface area contributed by atoms with Gasteiger partial charge in [0.2, 0.25) is 0 Å². The minimum Gasteiger partial charge on any atom is -0.397 e. The van der Waals surface area contributed by atoms with Crippen LogP contribution < -0.4 is 11.1 Å². The molecule has 0 bridgehead atoms. The predicted molar refractivity (Wildman–Crippen MR) is 60.2 cm³/mol. The Kier molecular flexibility index (Phi) is 2.95. The van der Waals surface area contributed by atoms with Crippen LogP contribution in [0.5, 0.6) is 0 Å². The van der Waals surface area contributed by atoms with Crippen molar-refractivity contribution in [2.45, 2.75) is 6.54 Å². The van der Waals surface area contributed by atoms with Crippen LogP contribution in [0.25, 0.3) is 0 Å². The average molecular weight is 218 g/mol. The molecule has 0 saturated carbocycles. The fourth-order valence-electron chi connectivity index (χ4n) is 1.31. The Morgan fingerprint density at radius 3 is 2.88 bits per heavy atom. The first-order valence-corrected chi connectivity index (χ1v) is 4.81. The molecule has 3 N–H and O–H groups in total. The first-order chi connectivity index (χ1) is 7.75. The van der Waals surface area contributed by atoms with Crippen LogP contribution in [-0.2, 0) is 6.54 Å². The van der Waals surface area contributed by atoms with E-state index in [0.29, 0.717) is 17.9 Å². The maximum atomic E-state index is 12.8. The molecule has 0 spiro atoms. The van der Waals surface area contributed by atoms with Crippen molar-refractivity contribution >= 4 is 11.4 Å². The number of nitrogens with one attached hydrogen (secondary N) is 1. The molecular formula is C11H11FN4. The van der Waals surface area contributed by atoms with E-state index in [1.807, 2.05) is 6.07 Å². The molecule has 0 aliphatic rings. The van der Waals surface area contributed by atoms with Gasteiger partial charge in [0, 0.05) is 6.20 Å². The van der Waals surface area contributed by atoms with E-state index >= 15 is 0 Å². The number of nitrogens with zero attached hydrogens (tertiary/aromatic N) is 2. The highest BCUT2D eigenvalue weighted by Crippen LogP contribution is 2.19. The van der Waals surface area contributed by atoms with Crippen molar-refractivity contribution in [2.75, 3.05) is 11.1 Å². The number of anilines is 2. The van der Waals surface area contributed by atoms with Gasteiger partial charge >= 0.3 is 0 Å². The number of nitrogen functional groups attached to an aromatic ring is 1. The predicted octanol–water partition coefficient (Wildman–Crippen LogP) is 1.81. The normalized spacial score (nSPS) is 10.1. The number of rotatable bonds is 3. The Labute approximate surface area is 92.3 Å². The largest absolute Gasteiger partial charge is 0.397 e. The van der Waals surface area contributed by atoms with Crippen LogP contribution in [0.15, 0.2) is 36.5 Å². The van der Waals surface area contributed by atoms with Crippen LogP contribution >= 0.6 is 0 Å². The van der Waals surface area contributed by atoms with Crippen molar-refractivity contribution in [2.24, 2.45) is 0 Å². The number of benzene rings is 1. The Morgan fingerprint density at radius 2 is 2.19 bits per heavy atom. The van der Waals surface area contributed by atoms with Gasteiger partial charge in [-0.2, -0.15) is 10.2 Å². The Hall–Kier alpha value is -2.17. The second-order valence-electron chi connectivity index (χ2n) is 3.30. The number of aromatic nitrogens is 2. The van der Waals surface area contributed by atoms with Crippen LogP contribution in [0.4, 0.5) is 15.8 Å². The molecule has 16 heavy (non-hydrogen) atoms. The van der Waals surface area contributed by atoms with E-state index in [0.717, 1.165) is 5.69 Å². The van der Waals surface area contributed by atoms with E-state index in [4.69, 9.17) is 5.73 Å². The van der Waals surface area contributed by atoms with Gasteiger partial charge in [-0.15, -0.1) is 0 Å². The van der Waals surface area contributed by atoms with E-state index in [1.54, 1.807) is 18.3 Å². The molecule has 4 nitrogen and oxygen atoms in total. The molecule has 0 aliphatic heterocycles. The molecule has 2 rings (SSSR count). The molecule has 0 saturated heterocycles. The summed E-state index contributed by atoms with van der Waals surface area (Å²) in [6.07, 6.45) is 1.61. The maximum Gasteiger partial charge on any atom is 0.125 e. The first kappa shape index (κ1) is 10.4. The highest BCUT2D eigenvalue weighted by molar-refractivity contribution is 5.65. The van der Waals surface area contributed by atoms with Gasteiger partial charge in [0.25, 0.3) is 0 Å². The smallest absolute Gasteiger partial charge is 0.125 e. The molecular weight excluding hydrogens is 207 g/mol. The summed E-state index contributed by atoms with van der Waals surface area (Å²) in [7, 11) is 0. The molecule has 5 heteroatoms. The van der Waals surface area contributed by atoms with E-state index in [1.165, 1.54) is 12.1 Å². The topological polar surface area (TPSA) is 63.8 Å². The zero-order valence-corrected chi connectivity index (χ0v) is 8.52. The number of halogens is 1. The lowest BCUT2D eigenvalue weighted by atomic mass is 10.2. The molecule has 0 atom stereocenters. The molecule has 1 heterocycles. The molecule has 0 fully saturated rings. The van der Waals surface area contributed by atoms with Crippen molar-refractivity contribution in [3.63, 3.8) is 0 Å². The monoisotopic (exact) mass is 218 g/mol. The summed E-state index contributed by atoms with van der Waals surface area (Å²) in [6, 6.07) is 7.88. The summed E-state index contributed by atoms with van der Waals surface area (Å²) in [5.41, 5.74) is 7.51. The average Bonchev–Trinajstić information content (AvgIpc) is 2.29. The first-order valence-electron chi connectivity index (χ1n) is 4.81. The summed E-state index contributed by atoms with van der Waals surface area (Å²) in [4.78, 5) is 0. The molecule has 1 aromatic carbocycles. The van der Waals surface area contributed by atoms with Crippen molar-refractivity contribution < 1.29 is 4.39 Å². The molecule has 0 amide bonds. The minimum absolute atomic E-state index is 0.345. The highest BCUT2D eigenvalue weighted by atomic mass is 19.1. The minimum atomic E-state index is -0.345. The lowest BCUT2D eigenvalue weighted by Crippen LogP contribution is -2.04. The van der Waals surface area contributed by atoms with Gasteiger partial charge in [-0.05, 0) is 30.3 Å². The van der Waals surface area contributed by atoms with Gasteiger partial charge in [0.1, 0.15) is 5.82 Å². The van der Waals surface area contributed by atoms with Crippen molar-refractivity contribution in [1.82, 2.24) is 10.2 Å². The summed E-state index contributed by atoms with van der Waals surface area (Å²) in [5, 5.41) is 10.7. The van der Waals surface area contributed by atoms with Gasteiger partial charge in [-0.25, -0.2) is 4.39 Å². The lowest BCUT2D eigenvalue weighted by Gasteiger charge is -2.08. The summed E-state index contributed by atoms with van der Waals surface area (Å²) in [5.74, 6) is -0.345. The van der Waals surface area contributed by atoms with E-state index in [-0.39, 0.29) is 5.82 Å². The summed E-state index contributed by atoms with van der Waals surface area (Å²) < 4.78 is 12.8. The van der Waals surface area contributed by atoms with Crippen molar-refractivity contribution in [1.29, 1.82) is 0 Å². The second kappa shape index (κ2) is 4.57. The zero-order chi connectivity index (χ0) is 11.4. The molecule has 1 aromatic heterocycles. The van der Waals surface area contributed by atoms with E-state index in [9.17, 15) is 4.39 Å². The van der Waals surface area contributed by atoms with Gasteiger partial charge in [-0.3, -0.25) is 0 Å². The fourth-order valence-corrected chi connectivity index (χ4v) is 1.31. The SMILES string of the molecule is Nc1cc(F)ccc1NCc1cccnn1. The van der Waals surface area contributed by atoms with Crippen LogP contribution in [0.1, 0.15) is 5.69 Å². The number of nitrogens with two attached hydrogens (primary N) is 1. The summed E-state index contributed by atoms with van der Waals surface area (Å²) >= 11 is 0. The third kappa shape index (κ3) is 2.44. The highest BCUT2D eigenvalue weighted by Gasteiger charge is 2.00. The van der Waals surface area contributed by atoms with Crippen LogP contribution in [0, 0.1) is 5.82 Å². The second-order valence-corrected chi connectivity index (χ2v) is 3.30. The zero-order valence-electron chi connectivity index (χ0n) is 8.52. The molecule has 2 aromatic rings. The summed E-state index contributed by atoms with van der Waals surface area (Å²) in [6.45, 7) is 0.504. The number of hydrogen-bond donors (Lipinski definition) is 2. The van der Waals surface area contributed by atoms with E-state index in [2.05, 4.69) is 15.5 Å². The Bertz CT molecular complexity index is 473. The Balaban J connectivity index is 2.05. The molecule has 82 valence electrons. The lowest BCUT2D eigenvalue weighted by molar-refractivity contribution is 0.628. The third-order valence-electron chi connectivity index (χ3n) is 2.10. The Morgan fingerprint density at radius 1 is 1.31 bits per heavy atom. The van der Waals surface area contributed by atoms with Crippen LogP contribution in [-0.4, -0.2) is 10.2 Å². The molecule has 0 radical (unpaired) electrons. The van der Waals surface area contributed by atoms with E-state index < -0.39 is 0 Å². The van der Waals surface area contributed by atoms with Crippen LogP contribution in [0.2, 0.25) is 0 Å². The third-order valence-corrected chi connectivity index (χ3v) is 2.10. The van der Waals surface area contributed by atoms with Gasteiger partial charge in [-0.1, -0.05) is 0 Å².